The van der Waals surface area contributed by atoms with Gasteiger partial charge in [-0.1, -0.05) is 6.07 Å². The zero-order valence-corrected chi connectivity index (χ0v) is 23.3. The van der Waals surface area contributed by atoms with Crippen molar-refractivity contribution in [2.45, 2.75) is 32.3 Å². The van der Waals surface area contributed by atoms with E-state index in [0.29, 0.717) is 16.4 Å². The van der Waals surface area contributed by atoms with E-state index in [2.05, 4.69) is 34.2 Å². The van der Waals surface area contributed by atoms with E-state index in [1.54, 1.807) is 18.5 Å². The highest BCUT2D eigenvalue weighted by Crippen LogP contribution is 2.54. The first-order valence-electron chi connectivity index (χ1n) is 13.6. The third kappa shape index (κ3) is 6.79. The van der Waals surface area contributed by atoms with E-state index in [0.717, 1.165) is 42.6 Å². The van der Waals surface area contributed by atoms with Gasteiger partial charge in [-0.05, 0) is 61.6 Å². The van der Waals surface area contributed by atoms with Crippen LogP contribution >= 0.6 is 0 Å². The molecule has 2 saturated heterocycles. The van der Waals surface area contributed by atoms with E-state index in [9.17, 15) is 14.0 Å². The van der Waals surface area contributed by atoms with Gasteiger partial charge < -0.3 is 24.4 Å². The average Bonchev–Trinajstić information content (AvgIpc) is 3.91. The van der Waals surface area contributed by atoms with Crippen LogP contribution in [0.4, 0.5) is 16.0 Å². The molecular weight excluding hydrogens is 529 g/mol. The zero-order valence-electron chi connectivity index (χ0n) is 23.3. The number of pyridine rings is 3. The fourth-order valence-electron chi connectivity index (χ4n) is 4.96. The molecule has 0 bridgehead atoms. The number of hydrogen-bond acceptors (Lipinski definition) is 10. The van der Waals surface area contributed by atoms with Crippen LogP contribution in [0.15, 0.2) is 55.0 Å². The summed E-state index contributed by atoms with van der Waals surface area (Å²) in [5.74, 6) is 0.557. The first-order valence-corrected chi connectivity index (χ1v) is 13.6. The Labute approximate surface area is 238 Å². The Bertz CT molecular complexity index is 1340. The Morgan fingerprint density at radius 3 is 1.56 bits per heavy atom. The molecule has 3 aromatic rings. The average molecular weight is 564 g/mol. The number of anilines is 2. The number of nitrogens with zero attached hydrogens (tertiary/aromatic N) is 5. The van der Waals surface area contributed by atoms with Crippen LogP contribution in [0, 0.1) is 16.8 Å². The first-order chi connectivity index (χ1) is 19.8. The minimum atomic E-state index is -0.613. The summed E-state index contributed by atoms with van der Waals surface area (Å²) in [5, 5.41) is 8.88. The monoisotopic (exact) mass is 563 g/mol. The van der Waals surface area contributed by atoms with Gasteiger partial charge in [-0.25, -0.2) is 24.5 Å². The van der Waals surface area contributed by atoms with E-state index in [-0.39, 0.29) is 18.1 Å². The third-order valence-corrected chi connectivity index (χ3v) is 7.98. The van der Waals surface area contributed by atoms with Crippen LogP contribution in [0.5, 0.6) is 0 Å². The van der Waals surface area contributed by atoms with E-state index < -0.39 is 11.9 Å². The van der Waals surface area contributed by atoms with Crippen molar-refractivity contribution in [2.75, 3.05) is 50.2 Å². The van der Waals surface area contributed by atoms with Crippen molar-refractivity contribution >= 4 is 23.6 Å². The van der Waals surface area contributed by atoms with Crippen LogP contribution in [-0.2, 0) is 16.1 Å². The number of esters is 2. The minimum absolute atomic E-state index is 0.0806. The van der Waals surface area contributed by atoms with Gasteiger partial charge in [-0.15, -0.1) is 0 Å². The molecule has 0 unspecified atom stereocenters. The number of aromatic nitrogens is 3. The predicted octanol–water partition coefficient (Wildman–Crippen LogP) is 3.65. The van der Waals surface area contributed by atoms with Crippen LogP contribution in [0.3, 0.4) is 0 Å². The second kappa shape index (κ2) is 11.8. The molecule has 5 heterocycles. The molecule has 0 amide bonds. The quantitative estimate of drug-likeness (QED) is 0.364. The fraction of sp³-hybridized carbons (Fsp3) is 0.433. The molecule has 4 aliphatic rings. The number of hydrogen-bond donors (Lipinski definition) is 1. The van der Waals surface area contributed by atoms with Gasteiger partial charge in [0.25, 0.3) is 0 Å². The van der Waals surface area contributed by atoms with Gasteiger partial charge >= 0.3 is 11.9 Å². The van der Waals surface area contributed by atoms with E-state index >= 15 is 0 Å². The third-order valence-electron chi connectivity index (χ3n) is 7.98. The van der Waals surface area contributed by atoms with Crippen molar-refractivity contribution in [2.24, 2.45) is 10.8 Å². The smallest absolute Gasteiger partial charge is 0.339 e. The molecule has 41 heavy (non-hydrogen) atoms. The van der Waals surface area contributed by atoms with Crippen molar-refractivity contribution in [3.8, 4) is 0 Å². The molecule has 2 saturated carbocycles. The highest BCUT2D eigenvalue weighted by Gasteiger charge is 2.53. The molecule has 4 fully saturated rings. The molecule has 3 aromatic heterocycles. The molecular formula is C30H34FN5O5. The number of ether oxygens (including phenoxy) is 2. The highest BCUT2D eigenvalue weighted by molar-refractivity contribution is 5.89. The van der Waals surface area contributed by atoms with Crippen molar-refractivity contribution in [1.29, 1.82) is 0 Å². The minimum Gasteiger partial charge on any atom is -0.465 e. The molecule has 216 valence electrons. The van der Waals surface area contributed by atoms with Gasteiger partial charge in [0.1, 0.15) is 11.6 Å². The number of carbonyl (C=O) groups excluding carboxylic acids is 2. The van der Waals surface area contributed by atoms with Crippen LogP contribution in [0.2, 0.25) is 0 Å². The Morgan fingerprint density at radius 1 is 0.756 bits per heavy atom. The molecule has 2 spiro atoms. The Hall–Kier alpha value is -4.12. The number of aliphatic hydroxyl groups excluding tert-OH is 1. The van der Waals surface area contributed by atoms with Crippen molar-refractivity contribution in [3.05, 3.63) is 77.6 Å². The predicted molar refractivity (Wildman–Crippen MR) is 149 cm³/mol. The summed E-state index contributed by atoms with van der Waals surface area (Å²) in [5.41, 5.74) is 2.94. The summed E-state index contributed by atoms with van der Waals surface area (Å²) in [6.07, 6.45) is 10.00. The Balaban J connectivity index is 0.000000126. The lowest BCUT2D eigenvalue weighted by Crippen LogP contribution is -2.48. The number of rotatable bonds is 5. The van der Waals surface area contributed by atoms with Crippen LogP contribution < -0.4 is 9.80 Å². The standard InChI is InChI=1S/C12H14N2O2.C11H14N2O.C7H6FNO2/c1-16-11(15)9-2-3-10(13-6-9)14-7-12(8-14)4-5-12;14-6-9-1-2-10(12-5-9)13-7-11(8-13)3-4-11;1-11-7(10)5-2-3-6(8)9-4-5/h2-3,6H,4-5,7-8H2,1H3;1-2,5,14H,3-4,6-8H2;2-4H,1H3. The maximum absolute atomic E-state index is 12.2. The van der Waals surface area contributed by atoms with Gasteiger partial charge in [0, 0.05) is 55.6 Å². The van der Waals surface area contributed by atoms with Gasteiger partial charge in [0.15, 0.2) is 0 Å². The second-order valence-electron chi connectivity index (χ2n) is 11.2. The molecule has 0 atom stereocenters. The summed E-state index contributed by atoms with van der Waals surface area (Å²) in [6, 6.07) is 10.0. The van der Waals surface area contributed by atoms with Gasteiger partial charge in [0.2, 0.25) is 5.95 Å². The summed E-state index contributed by atoms with van der Waals surface area (Å²) >= 11 is 0. The number of methoxy groups -OCH3 is 2. The van der Waals surface area contributed by atoms with Crippen LogP contribution in [0.1, 0.15) is 52.0 Å². The summed E-state index contributed by atoms with van der Waals surface area (Å²) in [4.78, 5) is 38.4. The largest absolute Gasteiger partial charge is 0.465 e. The lowest BCUT2D eigenvalue weighted by atomic mass is 9.97. The maximum Gasteiger partial charge on any atom is 0.339 e. The normalized spacial score (nSPS) is 18.0. The van der Waals surface area contributed by atoms with Crippen LogP contribution in [-0.4, -0.2) is 72.4 Å². The number of carbonyl (C=O) groups is 2. The Morgan fingerprint density at radius 2 is 1.22 bits per heavy atom. The summed E-state index contributed by atoms with van der Waals surface area (Å²) < 4.78 is 21.2. The second-order valence-corrected chi connectivity index (χ2v) is 11.2. The molecule has 2 aliphatic carbocycles. The molecule has 10 nitrogen and oxygen atoms in total. The van der Waals surface area contributed by atoms with E-state index in [1.807, 2.05) is 18.2 Å². The van der Waals surface area contributed by atoms with Gasteiger partial charge in [-0.2, -0.15) is 4.39 Å². The van der Waals surface area contributed by atoms with Crippen molar-refractivity contribution < 1.29 is 28.6 Å². The van der Waals surface area contributed by atoms with Crippen molar-refractivity contribution in [3.63, 3.8) is 0 Å². The fourth-order valence-corrected chi connectivity index (χ4v) is 4.96. The topological polar surface area (TPSA) is 118 Å². The Kier molecular flexibility index (Phi) is 8.16. The molecule has 7 rings (SSSR count). The van der Waals surface area contributed by atoms with Gasteiger partial charge in [0.05, 0.1) is 32.0 Å². The first kappa shape index (κ1) is 28.4. The van der Waals surface area contributed by atoms with Crippen LogP contribution in [0.25, 0.3) is 0 Å². The zero-order chi connectivity index (χ0) is 29.0. The SMILES string of the molecule is COC(=O)c1ccc(F)nc1.COC(=O)c1ccc(N2CC3(CC3)C2)nc1.OCc1ccc(N2CC3(CC3)C2)nc1. The summed E-state index contributed by atoms with van der Waals surface area (Å²) in [6.45, 7) is 4.68. The molecule has 1 N–H and O–H groups in total. The number of aliphatic hydroxyl groups is 1. The number of halogens is 1. The van der Waals surface area contributed by atoms with E-state index in [1.165, 1.54) is 59.1 Å². The lowest BCUT2D eigenvalue weighted by Gasteiger charge is -2.40. The molecule has 0 radical (unpaired) electrons. The molecule has 11 heteroatoms. The highest BCUT2D eigenvalue weighted by atomic mass is 19.1. The van der Waals surface area contributed by atoms with E-state index in [4.69, 9.17) is 5.11 Å². The maximum atomic E-state index is 12.2. The molecule has 0 aromatic carbocycles. The van der Waals surface area contributed by atoms with Crippen molar-refractivity contribution in [1.82, 2.24) is 15.0 Å². The molecule has 2 aliphatic heterocycles. The lowest BCUT2D eigenvalue weighted by molar-refractivity contribution is 0.0591. The summed E-state index contributed by atoms with van der Waals surface area (Å²) in [7, 11) is 2.63. The van der Waals surface area contributed by atoms with Gasteiger partial charge in [-0.3, -0.25) is 0 Å².